The van der Waals surface area contributed by atoms with Crippen LogP contribution in [-0.2, 0) is 37.6 Å². The zero-order valence-electron chi connectivity index (χ0n) is 25.8. The second-order valence-electron chi connectivity index (χ2n) is 11.2. The topological polar surface area (TPSA) is 43.7 Å². The molecule has 0 amide bonds. The van der Waals surface area contributed by atoms with Gasteiger partial charge in [0.25, 0.3) is 0 Å². The van der Waals surface area contributed by atoms with Crippen LogP contribution in [-0.4, -0.2) is 23.6 Å². The average molecular weight is 655 g/mol. The molecule has 46 heavy (non-hydrogen) atoms. The molecule has 236 valence electrons. The Balaban J connectivity index is 0.00000417. The second-order valence-corrected chi connectivity index (χ2v) is 12.2. The van der Waals surface area contributed by atoms with Crippen molar-refractivity contribution in [3.8, 4) is 16.2 Å². The highest BCUT2D eigenvalue weighted by Crippen LogP contribution is 2.39. The lowest BCUT2D eigenvalue weighted by Gasteiger charge is -2.18. The van der Waals surface area contributed by atoms with E-state index in [2.05, 4.69) is 24.1 Å². The Morgan fingerprint density at radius 3 is 2.11 bits per heavy atom. The number of methoxy groups -OCH3 is 1. The van der Waals surface area contributed by atoms with Crippen molar-refractivity contribution >= 4 is 34.0 Å². The molecule has 6 aromatic rings. The van der Waals surface area contributed by atoms with Crippen molar-refractivity contribution in [3.63, 3.8) is 0 Å². The summed E-state index contributed by atoms with van der Waals surface area (Å²) in [5, 5.41) is 0.655. The number of benzene rings is 4. The first kappa shape index (κ1) is 33.1. The first-order chi connectivity index (χ1) is 22.0. The van der Waals surface area contributed by atoms with Gasteiger partial charge >= 0.3 is 0 Å². The van der Waals surface area contributed by atoms with Gasteiger partial charge in [-0.3, -0.25) is 9.69 Å². The number of thiophene rings is 1. The van der Waals surface area contributed by atoms with Crippen LogP contribution in [0.15, 0.2) is 120 Å². The molecule has 0 unspecified atom stereocenters. The van der Waals surface area contributed by atoms with Gasteiger partial charge in [-0.25, -0.2) is 4.39 Å². The maximum absolute atomic E-state index is 14.9. The maximum atomic E-state index is 14.9. The first-order valence-corrected chi connectivity index (χ1v) is 15.7. The first-order valence-electron chi connectivity index (χ1n) is 14.9. The minimum Gasteiger partial charge on any atom is -0.497 e. The number of fused-ring (bicyclic) bond motifs is 1. The van der Waals surface area contributed by atoms with Crippen LogP contribution in [0.2, 0.25) is 0 Å². The summed E-state index contributed by atoms with van der Waals surface area (Å²) in [4.78, 5) is 18.4. The predicted molar refractivity (Wildman–Crippen MR) is 187 cm³/mol. The summed E-state index contributed by atoms with van der Waals surface area (Å²) in [7, 11) is 3.72. The smallest absolute Gasteiger partial charge is 0.196 e. The average Bonchev–Trinajstić information content (AvgIpc) is 3.44. The standard InChI is InChI=1S/C38H35FN2O3S.ClH/c1-40(21-27-11-5-3-6-12-27)24-33-35-36(42)31(26-44-25-28-13-7-4-8-14-28)23-41(22-30-15-9-10-16-34(30)39)38(35)45-37(33)29-17-19-32(43-2)20-18-29;/h3-20,23H,21-22,24-26H2,1-2H3;1H. The molecule has 8 heteroatoms. The van der Waals surface area contributed by atoms with Crippen LogP contribution in [0.1, 0.15) is 27.8 Å². The SMILES string of the molecule is COc1ccc(-c2sc3c(c2CN(C)Cc2ccccc2)c(=O)c(COCc2ccccc2)cn3Cc2ccccc2F)cc1.Cl. The number of pyridine rings is 1. The van der Waals surface area contributed by atoms with Crippen molar-refractivity contribution in [3.05, 3.63) is 159 Å². The second kappa shape index (κ2) is 15.3. The van der Waals surface area contributed by atoms with E-state index in [1.807, 2.05) is 89.6 Å². The Bertz CT molecular complexity index is 1940. The molecule has 2 heterocycles. The number of hydrogen-bond acceptors (Lipinski definition) is 5. The largest absolute Gasteiger partial charge is 0.497 e. The van der Waals surface area contributed by atoms with Crippen molar-refractivity contribution in [1.82, 2.24) is 9.47 Å². The van der Waals surface area contributed by atoms with E-state index in [-0.39, 0.29) is 36.8 Å². The van der Waals surface area contributed by atoms with E-state index in [0.717, 1.165) is 38.7 Å². The predicted octanol–water partition coefficient (Wildman–Crippen LogP) is 8.70. The van der Waals surface area contributed by atoms with Gasteiger partial charge in [0.05, 0.1) is 32.3 Å². The maximum Gasteiger partial charge on any atom is 0.196 e. The van der Waals surface area contributed by atoms with Crippen LogP contribution in [0.4, 0.5) is 4.39 Å². The molecular formula is C38H36ClFN2O3S. The highest BCUT2D eigenvalue weighted by Gasteiger charge is 2.23. The highest BCUT2D eigenvalue weighted by molar-refractivity contribution is 7.22. The molecule has 0 aliphatic rings. The number of aromatic nitrogens is 1. The Morgan fingerprint density at radius 1 is 0.783 bits per heavy atom. The van der Waals surface area contributed by atoms with Crippen molar-refractivity contribution < 1.29 is 13.9 Å². The Hall–Kier alpha value is -4.27. The van der Waals surface area contributed by atoms with E-state index in [4.69, 9.17) is 9.47 Å². The fourth-order valence-electron chi connectivity index (χ4n) is 5.59. The minimum atomic E-state index is -0.277. The molecule has 0 N–H and O–H groups in total. The summed E-state index contributed by atoms with van der Waals surface area (Å²) in [6.45, 7) is 2.10. The molecule has 6 rings (SSSR count). The van der Waals surface area contributed by atoms with Gasteiger partial charge in [-0.2, -0.15) is 0 Å². The number of rotatable bonds is 12. The summed E-state index contributed by atoms with van der Waals surface area (Å²) in [5.74, 6) is 0.487. The van der Waals surface area contributed by atoms with Gasteiger partial charge in [0, 0.05) is 35.3 Å². The van der Waals surface area contributed by atoms with E-state index < -0.39 is 0 Å². The quantitative estimate of drug-likeness (QED) is 0.132. The number of hydrogen-bond donors (Lipinski definition) is 0. The third-order valence-electron chi connectivity index (χ3n) is 7.82. The Morgan fingerprint density at radius 2 is 1.43 bits per heavy atom. The molecule has 0 radical (unpaired) electrons. The highest BCUT2D eigenvalue weighted by atomic mass is 35.5. The molecule has 0 atom stereocenters. The van der Waals surface area contributed by atoms with E-state index >= 15 is 0 Å². The van der Waals surface area contributed by atoms with E-state index in [1.165, 1.54) is 11.6 Å². The van der Waals surface area contributed by atoms with Crippen molar-refractivity contribution in [2.45, 2.75) is 32.8 Å². The summed E-state index contributed by atoms with van der Waals surface area (Å²) in [6, 6.07) is 34.9. The van der Waals surface area contributed by atoms with Gasteiger partial charge in [-0.05, 0) is 59.6 Å². The molecular weight excluding hydrogens is 619 g/mol. The molecule has 4 aromatic carbocycles. The molecule has 0 aliphatic carbocycles. The van der Waals surface area contributed by atoms with Crippen LogP contribution < -0.4 is 10.2 Å². The molecule has 0 saturated carbocycles. The van der Waals surface area contributed by atoms with Crippen molar-refractivity contribution in [2.24, 2.45) is 0 Å². The molecule has 0 saturated heterocycles. The third kappa shape index (κ3) is 7.57. The van der Waals surface area contributed by atoms with Gasteiger partial charge in [0.1, 0.15) is 16.4 Å². The van der Waals surface area contributed by atoms with Gasteiger partial charge in [-0.15, -0.1) is 23.7 Å². The van der Waals surface area contributed by atoms with Crippen LogP contribution in [0.3, 0.4) is 0 Å². The molecule has 0 aliphatic heterocycles. The molecule has 0 fully saturated rings. The minimum absolute atomic E-state index is 0. The summed E-state index contributed by atoms with van der Waals surface area (Å²) in [6.07, 6.45) is 1.84. The monoisotopic (exact) mass is 654 g/mol. The Labute approximate surface area is 278 Å². The lowest BCUT2D eigenvalue weighted by Crippen LogP contribution is -2.20. The molecule has 0 bridgehead atoms. The van der Waals surface area contributed by atoms with E-state index in [9.17, 15) is 9.18 Å². The van der Waals surface area contributed by atoms with Crippen molar-refractivity contribution in [1.29, 1.82) is 0 Å². The van der Waals surface area contributed by atoms with Gasteiger partial charge < -0.3 is 14.0 Å². The number of ether oxygens (including phenoxy) is 2. The van der Waals surface area contributed by atoms with Crippen LogP contribution in [0.5, 0.6) is 5.75 Å². The fraction of sp³-hybridized carbons (Fsp3) is 0.184. The number of nitrogens with zero attached hydrogens (tertiary/aromatic N) is 2. The van der Waals surface area contributed by atoms with Gasteiger partial charge in [-0.1, -0.05) is 78.9 Å². The lowest BCUT2D eigenvalue weighted by molar-refractivity contribution is 0.106. The summed E-state index contributed by atoms with van der Waals surface area (Å²) >= 11 is 1.57. The lowest BCUT2D eigenvalue weighted by atomic mass is 10.0. The number of halogens is 2. The van der Waals surface area contributed by atoms with E-state index in [0.29, 0.717) is 29.7 Å². The van der Waals surface area contributed by atoms with Crippen molar-refractivity contribution in [2.75, 3.05) is 14.2 Å². The fourth-order valence-corrected chi connectivity index (χ4v) is 6.87. The normalized spacial score (nSPS) is 11.1. The molecule has 5 nitrogen and oxygen atoms in total. The van der Waals surface area contributed by atoms with Crippen LogP contribution >= 0.6 is 23.7 Å². The Kier molecular flexibility index (Phi) is 11.0. The van der Waals surface area contributed by atoms with Crippen LogP contribution in [0, 0.1) is 5.82 Å². The summed E-state index contributed by atoms with van der Waals surface area (Å²) < 4.78 is 28.4. The molecule has 2 aromatic heterocycles. The van der Waals surface area contributed by atoms with Gasteiger partial charge in [0.15, 0.2) is 5.43 Å². The zero-order chi connectivity index (χ0) is 31.2. The zero-order valence-corrected chi connectivity index (χ0v) is 27.5. The molecule has 0 spiro atoms. The summed E-state index contributed by atoms with van der Waals surface area (Å²) in [5.41, 5.74) is 5.22. The van der Waals surface area contributed by atoms with Crippen LogP contribution in [0.25, 0.3) is 20.7 Å². The van der Waals surface area contributed by atoms with Gasteiger partial charge in [0.2, 0.25) is 0 Å². The van der Waals surface area contributed by atoms with E-state index in [1.54, 1.807) is 30.6 Å². The third-order valence-corrected chi connectivity index (χ3v) is 9.14.